The summed E-state index contributed by atoms with van der Waals surface area (Å²) in [6.45, 7) is 0. The molecule has 0 N–H and O–H groups in total. The van der Waals surface area contributed by atoms with Gasteiger partial charge in [0.05, 0.1) is 0 Å². The predicted molar refractivity (Wildman–Crippen MR) is 13.4 cm³/mol. The molecule has 0 aliphatic heterocycles. The van der Waals surface area contributed by atoms with Crippen LogP contribution in [0, 0.1) is 0 Å². The molecule has 0 spiro atoms. The zero-order valence-electron chi connectivity index (χ0n) is 1.75. The van der Waals surface area contributed by atoms with Gasteiger partial charge >= 0.3 is 0 Å². The fourth-order valence-electron chi connectivity index (χ4n) is 0. The second-order valence-electron chi connectivity index (χ2n) is 0. The molecule has 0 fully saturated rings. The van der Waals surface area contributed by atoms with Gasteiger partial charge in [-0.05, 0) is 0 Å². The Bertz CT molecular complexity index is 8.00. The normalized spacial score (nSPS) is 1.00. The van der Waals surface area contributed by atoms with Gasteiger partial charge in [-0.3, -0.25) is 4.57 Å². The van der Waals surface area contributed by atoms with Crippen LogP contribution in [0.2, 0.25) is 0 Å². The van der Waals surface area contributed by atoms with Crippen LogP contribution in [0.25, 0.3) is 0 Å². The summed E-state index contributed by atoms with van der Waals surface area (Å²) in [4.78, 5) is 0. The second-order valence-corrected chi connectivity index (χ2v) is 0. The van der Waals surface area contributed by atoms with Gasteiger partial charge in [-0.25, -0.2) is 0 Å². The van der Waals surface area contributed by atoms with Crippen LogP contribution in [-0.4, -0.2) is 24.4 Å². The molecule has 0 aromatic carbocycles. The Labute approximate surface area is 56.5 Å². The SMILES string of the molecule is O=[P].[Sb].[V]. The predicted octanol–water partition coefficient (Wildman–Crippen LogP) is 0.359. The molecular formula is OPSbV. The van der Waals surface area contributed by atoms with Crippen molar-refractivity contribution in [3.8, 4) is 0 Å². The molecule has 0 saturated heterocycles. The molecule has 1 nitrogen and oxygen atoms in total. The molecule has 0 rings (SSSR count). The fourth-order valence-corrected chi connectivity index (χ4v) is 0. The van der Waals surface area contributed by atoms with E-state index < -0.39 is 0 Å². The van der Waals surface area contributed by atoms with Gasteiger partial charge in [-0.15, -0.1) is 0 Å². The topological polar surface area (TPSA) is 17.1 Å². The molecule has 0 heterocycles. The monoisotopic (exact) mass is 219 g/mol. The number of hydrogen-bond donors (Lipinski definition) is 0. The fraction of sp³-hybridized carbons (Fsp3) is 0. The Balaban J connectivity index is -0.00000000500. The van der Waals surface area contributed by atoms with Crippen LogP contribution in [0.5, 0.6) is 0 Å². The average molecular weight is 220 g/mol. The van der Waals surface area contributed by atoms with Gasteiger partial charge in [0.25, 0.3) is 9.12 Å². The summed E-state index contributed by atoms with van der Waals surface area (Å²) >= 11 is 0. The van der Waals surface area contributed by atoms with E-state index in [-0.39, 0.29) is 43.0 Å². The Morgan fingerprint density at radius 2 is 1.25 bits per heavy atom. The van der Waals surface area contributed by atoms with Crippen molar-refractivity contribution in [2.75, 3.05) is 0 Å². The summed E-state index contributed by atoms with van der Waals surface area (Å²) in [5, 5.41) is 0. The molecule has 4 heavy (non-hydrogen) atoms. The molecule has 0 aliphatic rings. The summed E-state index contributed by atoms with van der Waals surface area (Å²) < 4.78 is 7.94. The van der Waals surface area contributed by atoms with Crippen molar-refractivity contribution in [1.82, 2.24) is 0 Å². The van der Waals surface area contributed by atoms with Gasteiger partial charge in [0.2, 0.25) is 0 Å². The standard InChI is InChI=1S/OP.Sb.V/c1-2;;. The van der Waals surface area contributed by atoms with Crippen molar-refractivity contribution in [3.05, 3.63) is 0 Å². The van der Waals surface area contributed by atoms with Crippen LogP contribution in [0.4, 0.5) is 0 Å². The Morgan fingerprint density at radius 3 is 1.25 bits per heavy atom. The van der Waals surface area contributed by atoms with E-state index in [0.29, 0.717) is 0 Å². The van der Waals surface area contributed by atoms with Gasteiger partial charge in [0.15, 0.2) is 0 Å². The van der Waals surface area contributed by atoms with Crippen LogP contribution in [-0.2, 0) is 23.1 Å². The quantitative estimate of drug-likeness (QED) is 0.425. The first-order valence-electron chi connectivity index (χ1n) is 0.183. The third-order valence-electron chi connectivity index (χ3n) is 0. The van der Waals surface area contributed by atoms with E-state index in [0.717, 1.165) is 0 Å². The van der Waals surface area contributed by atoms with E-state index in [9.17, 15) is 0 Å². The van der Waals surface area contributed by atoms with E-state index in [4.69, 9.17) is 4.57 Å². The van der Waals surface area contributed by atoms with Crippen LogP contribution in [0.1, 0.15) is 0 Å². The molecule has 0 unspecified atom stereocenters. The third kappa shape index (κ3) is 9.72. The second kappa shape index (κ2) is 24.5. The van der Waals surface area contributed by atoms with Crippen LogP contribution in [0.15, 0.2) is 0 Å². The van der Waals surface area contributed by atoms with Crippen molar-refractivity contribution < 1.29 is 23.1 Å². The van der Waals surface area contributed by atoms with E-state index in [1.165, 1.54) is 0 Å². The van der Waals surface area contributed by atoms with Crippen LogP contribution >= 0.6 is 9.12 Å². The first-order chi connectivity index (χ1) is 1.00. The van der Waals surface area contributed by atoms with Gasteiger partial charge < -0.3 is 0 Å². The van der Waals surface area contributed by atoms with Crippen molar-refractivity contribution in [2.24, 2.45) is 0 Å². The maximum atomic E-state index is 7.94. The van der Waals surface area contributed by atoms with E-state index in [1.807, 2.05) is 0 Å². The third-order valence-corrected chi connectivity index (χ3v) is 0. The van der Waals surface area contributed by atoms with Crippen LogP contribution in [0.3, 0.4) is 0 Å². The van der Waals surface area contributed by atoms with Gasteiger partial charge in [0.1, 0.15) is 0 Å². The smallest absolute Gasteiger partial charge is 0.261 e. The van der Waals surface area contributed by atoms with Gasteiger partial charge in [-0.2, -0.15) is 0 Å². The average Bonchev–Trinajstić information content (AvgIpc) is 1.00. The maximum absolute atomic E-state index is 7.94. The summed E-state index contributed by atoms with van der Waals surface area (Å²) in [5.74, 6) is 0. The van der Waals surface area contributed by atoms with Gasteiger partial charge in [0, 0.05) is 43.0 Å². The Kier molecular flexibility index (Phi) is 109. The van der Waals surface area contributed by atoms with E-state index >= 15 is 0 Å². The molecule has 4 heteroatoms. The molecule has 0 saturated carbocycles. The van der Waals surface area contributed by atoms with E-state index in [1.54, 1.807) is 0 Å². The summed E-state index contributed by atoms with van der Waals surface area (Å²) in [6, 6.07) is 0. The summed E-state index contributed by atoms with van der Waals surface area (Å²) in [7, 11) is 2.28. The summed E-state index contributed by atoms with van der Waals surface area (Å²) in [6.07, 6.45) is 0. The Hall–Kier alpha value is 1.50. The van der Waals surface area contributed by atoms with Crippen molar-refractivity contribution in [2.45, 2.75) is 0 Å². The zero-order chi connectivity index (χ0) is 2.00. The minimum absolute atomic E-state index is 0. The summed E-state index contributed by atoms with van der Waals surface area (Å²) in [5.41, 5.74) is 0. The molecule has 0 atom stereocenters. The minimum Gasteiger partial charge on any atom is -0.261 e. The van der Waals surface area contributed by atoms with Crippen molar-refractivity contribution >= 4 is 33.5 Å². The van der Waals surface area contributed by atoms with Crippen LogP contribution < -0.4 is 0 Å². The molecule has 5 radical (unpaired) electrons. The largest absolute Gasteiger partial charge is 0.261 e. The molecule has 0 bridgehead atoms. The molecule has 0 amide bonds. The minimum atomic E-state index is 0. The van der Waals surface area contributed by atoms with E-state index in [2.05, 4.69) is 9.12 Å². The maximum Gasteiger partial charge on any atom is 0.261 e. The number of hydrogen-bond acceptors (Lipinski definition) is 1. The molecule has 21 valence electrons. The first kappa shape index (κ1) is 17.8. The first-order valence-corrected chi connectivity index (χ1v) is 0.548. The molecule has 0 aromatic rings. The van der Waals surface area contributed by atoms with Crippen molar-refractivity contribution in [1.29, 1.82) is 0 Å². The van der Waals surface area contributed by atoms with Gasteiger partial charge in [-0.1, -0.05) is 0 Å². The molecule has 0 aromatic heterocycles. The van der Waals surface area contributed by atoms with Crippen molar-refractivity contribution in [3.63, 3.8) is 0 Å². The molecule has 0 aliphatic carbocycles. The molecular weight excluding hydrogens is 220 g/mol. The number of rotatable bonds is 0. The zero-order valence-corrected chi connectivity index (χ0v) is 6.59. The Morgan fingerprint density at radius 1 is 1.25 bits per heavy atom.